The molecule has 0 spiro atoms. The number of fused-ring (bicyclic) bond motifs is 10. The third-order valence-electron chi connectivity index (χ3n) is 19.6. The maximum atomic E-state index is 2.69. The molecular formula is C88H63BN4. The standard InChI is InChI=1S/C88H63BN4/c1-88(2,3)64-55-83-85-84(56-64)93(87-69(60-31-13-6-14-32-60)42-26-43-70(87)61-33-15-7-16-34-61)82-57-66(91-77-44-22-19-37-71(77)72-38-20-23-45-78(72)91)49-51-76(82)89(85)75-50-47-63(62-48-52-80-74(53-62)73-39-21-24-46-79(73)90(80)65-35-17-8-18-36-65)54-81(75)92(83)86-67(58-27-9-4-10-28-58)40-25-41-68(86)59-29-11-5-12-30-59/h4-57H,1-3H3. The Balaban J connectivity index is 0.982. The summed E-state index contributed by atoms with van der Waals surface area (Å²) in [6, 6.07) is 122. The first kappa shape index (κ1) is 54.3. The number of aromatic nitrogens is 2. The molecule has 0 saturated carbocycles. The fourth-order valence-electron chi connectivity index (χ4n) is 15.4. The van der Waals surface area contributed by atoms with Crippen molar-refractivity contribution in [2.45, 2.75) is 26.2 Å². The number of benzene rings is 14. The normalized spacial score (nSPS) is 12.6. The van der Waals surface area contributed by atoms with E-state index in [1.807, 2.05) is 0 Å². The number of hydrogen-bond donors (Lipinski definition) is 0. The smallest absolute Gasteiger partial charge is 0.252 e. The van der Waals surface area contributed by atoms with Crippen LogP contribution in [0.4, 0.5) is 34.1 Å². The van der Waals surface area contributed by atoms with Crippen LogP contribution in [0.5, 0.6) is 0 Å². The summed E-state index contributed by atoms with van der Waals surface area (Å²) >= 11 is 0. The minimum absolute atomic E-state index is 0.192. The van der Waals surface area contributed by atoms with E-state index >= 15 is 0 Å². The summed E-state index contributed by atoms with van der Waals surface area (Å²) in [6.07, 6.45) is 0. The molecule has 2 aliphatic heterocycles. The molecule has 4 heterocycles. The Bertz CT molecular complexity index is 5440. The average molecular weight is 1190 g/mol. The van der Waals surface area contributed by atoms with Gasteiger partial charge in [0, 0.05) is 77.9 Å². The van der Waals surface area contributed by atoms with Crippen molar-refractivity contribution < 1.29 is 0 Å². The molecular weight excluding hydrogens is 1120 g/mol. The molecule has 0 bridgehead atoms. The van der Waals surface area contributed by atoms with Crippen molar-refractivity contribution in [1.29, 1.82) is 0 Å². The minimum atomic E-state index is -0.289. The first-order valence-corrected chi connectivity index (χ1v) is 32.4. The van der Waals surface area contributed by atoms with Crippen molar-refractivity contribution in [2.24, 2.45) is 0 Å². The van der Waals surface area contributed by atoms with Crippen LogP contribution in [-0.4, -0.2) is 15.8 Å². The van der Waals surface area contributed by atoms with Gasteiger partial charge >= 0.3 is 0 Å². The van der Waals surface area contributed by atoms with Gasteiger partial charge in [-0.15, -0.1) is 0 Å². The molecule has 0 unspecified atom stereocenters. The third-order valence-corrected chi connectivity index (χ3v) is 19.6. The van der Waals surface area contributed by atoms with Gasteiger partial charge in [-0.1, -0.05) is 276 Å². The molecule has 0 aliphatic carbocycles. The number of para-hydroxylation sites is 6. The van der Waals surface area contributed by atoms with Crippen molar-refractivity contribution in [2.75, 3.05) is 9.80 Å². The largest absolute Gasteiger partial charge is 0.310 e. The summed E-state index contributed by atoms with van der Waals surface area (Å²) in [5.74, 6) is 0. The van der Waals surface area contributed by atoms with Crippen molar-refractivity contribution in [3.8, 4) is 67.0 Å². The van der Waals surface area contributed by atoms with Crippen LogP contribution in [0.3, 0.4) is 0 Å². The Hall–Kier alpha value is -11.7. The molecule has 0 fully saturated rings. The molecule has 16 aromatic rings. The lowest BCUT2D eigenvalue weighted by atomic mass is 9.33. The summed E-state index contributed by atoms with van der Waals surface area (Å²) in [7, 11) is 0. The Morgan fingerprint density at radius 3 is 1.09 bits per heavy atom. The van der Waals surface area contributed by atoms with Crippen LogP contribution in [0.2, 0.25) is 0 Å². The zero-order valence-corrected chi connectivity index (χ0v) is 52.0. The molecule has 4 nitrogen and oxygen atoms in total. The van der Waals surface area contributed by atoms with Crippen molar-refractivity contribution >= 4 is 101 Å². The Labute approximate surface area is 542 Å². The zero-order valence-electron chi connectivity index (χ0n) is 52.0. The Kier molecular flexibility index (Phi) is 12.6. The minimum Gasteiger partial charge on any atom is -0.310 e. The van der Waals surface area contributed by atoms with Crippen molar-refractivity contribution in [1.82, 2.24) is 9.13 Å². The molecule has 2 aromatic heterocycles. The fourth-order valence-corrected chi connectivity index (χ4v) is 15.4. The molecule has 0 N–H and O–H groups in total. The quantitative estimate of drug-likeness (QED) is 0.134. The van der Waals surface area contributed by atoms with Gasteiger partial charge in [-0.3, -0.25) is 0 Å². The lowest BCUT2D eigenvalue weighted by Gasteiger charge is -2.46. The molecule has 0 saturated heterocycles. The average Bonchev–Trinajstić information content (AvgIpc) is 1.31. The highest BCUT2D eigenvalue weighted by atomic mass is 15.2. The van der Waals surface area contributed by atoms with E-state index in [-0.39, 0.29) is 12.1 Å². The number of hydrogen-bond acceptors (Lipinski definition) is 2. The van der Waals surface area contributed by atoms with E-state index < -0.39 is 0 Å². The third kappa shape index (κ3) is 8.68. The van der Waals surface area contributed by atoms with E-state index in [9.17, 15) is 0 Å². The topological polar surface area (TPSA) is 16.3 Å². The van der Waals surface area contributed by atoms with Gasteiger partial charge in [-0.05, 0) is 134 Å². The zero-order chi connectivity index (χ0) is 61.9. The molecule has 0 radical (unpaired) electrons. The van der Waals surface area contributed by atoms with Gasteiger partial charge in [0.25, 0.3) is 6.71 Å². The van der Waals surface area contributed by atoms with Crippen LogP contribution in [0.1, 0.15) is 26.3 Å². The highest BCUT2D eigenvalue weighted by molar-refractivity contribution is 7.00. The van der Waals surface area contributed by atoms with E-state index in [1.54, 1.807) is 0 Å². The van der Waals surface area contributed by atoms with E-state index in [0.717, 1.165) is 101 Å². The first-order chi connectivity index (χ1) is 45.8. The maximum Gasteiger partial charge on any atom is 0.252 e. The SMILES string of the molecule is CC(C)(C)c1cc2c3c(c1)N(c1c(-c4ccccc4)cccc1-c1ccccc1)c1cc(-n4c5ccccc5c5ccccc54)ccc1B3c1ccc(-c3ccc4c(c3)c3ccccc3n4-c3ccccc3)cc1N2c1c(-c2ccccc2)cccc1-c1ccccc1. The molecule has 0 atom stereocenters. The molecule has 14 aromatic carbocycles. The molecule has 438 valence electrons. The molecule has 93 heavy (non-hydrogen) atoms. The predicted octanol–water partition coefficient (Wildman–Crippen LogP) is 21.6. The number of nitrogens with zero attached hydrogens (tertiary/aromatic N) is 4. The summed E-state index contributed by atoms with van der Waals surface area (Å²) in [4.78, 5) is 5.37. The van der Waals surface area contributed by atoms with Crippen molar-refractivity contribution in [3.05, 3.63) is 333 Å². The van der Waals surface area contributed by atoms with Gasteiger partial charge in [0.05, 0.1) is 33.4 Å². The second kappa shape index (κ2) is 21.5. The summed E-state index contributed by atoms with van der Waals surface area (Å²) in [5.41, 5.74) is 30.1. The maximum absolute atomic E-state index is 2.69. The van der Waals surface area contributed by atoms with Crippen LogP contribution >= 0.6 is 0 Å². The molecule has 2 aliphatic rings. The molecule has 5 heteroatoms. The number of anilines is 6. The molecule has 18 rings (SSSR count). The van der Waals surface area contributed by atoms with Gasteiger partial charge in [0.15, 0.2) is 0 Å². The van der Waals surface area contributed by atoms with Crippen LogP contribution in [0.25, 0.3) is 111 Å². The van der Waals surface area contributed by atoms with Crippen LogP contribution in [0.15, 0.2) is 328 Å². The predicted molar refractivity (Wildman–Crippen MR) is 395 cm³/mol. The van der Waals surface area contributed by atoms with E-state index in [0.29, 0.717) is 0 Å². The van der Waals surface area contributed by atoms with Gasteiger partial charge < -0.3 is 18.9 Å². The lowest BCUT2D eigenvalue weighted by Crippen LogP contribution is -2.61. The van der Waals surface area contributed by atoms with Gasteiger partial charge in [-0.25, -0.2) is 0 Å². The second-order valence-corrected chi connectivity index (χ2v) is 26.0. The van der Waals surface area contributed by atoms with Crippen LogP contribution in [0, 0.1) is 0 Å². The van der Waals surface area contributed by atoms with Crippen LogP contribution < -0.4 is 26.2 Å². The first-order valence-electron chi connectivity index (χ1n) is 32.4. The lowest BCUT2D eigenvalue weighted by molar-refractivity contribution is 0.590. The Morgan fingerprint density at radius 2 is 0.624 bits per heavy atom. The van der Waals surface area contributed by atoms with Gasteiger partial charge in [0.2, 0.25) is 0 Å². The molecule has 0 amide bonds. The summed E-state index contributed by atoms with van der Waals surface area (Å²) < 4.78 is 4.90. The van der Waals surface area contributed by atoms with Gasteiger partial charge in [-0.2, -0.15) is 0 Å². The van der Waals surface area contributed by atoms with Crippen molar-refractivity contribution in [3.63, 3.8) is 0 Å². The van der Waals surface area contributed by atoms with E-state index in [1.165, 1.54) is 65.6 Å². The van der Waals surface area contributed by atoms with Gasteiger partial charge in [0.1, 0.15) is 0 Å². The highest BCUT2D eigenvalue weighted by Crippen LogP contribution is 2.54. The monoisotopic (exact) mass is 1190 g/mol. The van der Waals surface area contributed by atoms with Crippen LogP contribution in [-0.2, 0) is 5.41 Å². The second-order valence-electron chi connectivity index (χ2n) is 26.0. The summed E-state index contributed by atoms with van der Waals surface area (Å²) in [5, 5.41) is 4.92. The summed E-state index contributed by atoms with van der Waals surface area (Å²) in [6.45, 7) is 6.95. The van der Waals surface area contributed by atoms with E-state index in [2.05, 4.69) is 367 Å². The Morgan fingerprint density at radius 1 is 0.258 bits per heavy atom. The number of rotatable bonds is 9. The highest BCUT2D eigenvalue weighted by Gasteiger charge is 2.46. The fraction of sp³-hybridized carbons (Fsp3) is 0.0455. The van der Waals surface area contributed by atoms with E-state index in [4.69, 9.17) is 0 Å².